The van der Waals surface area contributed by atoms with Gasteiger partial charge in [-0.25, -0.2) is 9.97 Å². The lowest BCUT2D eigenvalue weighted by atomic mass is 10.0. The molecule has 6 nitrogen and oxygen atoms in total. The van der Waals surface area contributed by atoms with Crippen LogP contribution in [0.15, 0.2) is 60.2 Å². The van der Waals surface area contributed by atoms with Gasteiger partial charge in [0.05, 0.1) is 10.3 Å². The van der Waals surface area contributed by atoms with Gasteiger partial charge in [-0.05, 0) is 29.2 Å². The molecular weight excluding hydrogens is 372 g/mol. The maximum atomic E-state index is 11.1. The van der Waals surface area contributed by atoms with Gasteiger partial charge in [-0.15, -0.1) is 11.3 Å². The Bertz CT molecular complexity index is 1150. The number of nitrogens with one attached hydrogen (secondary N) is 1. The first-order valence-electron chi connectivity index (χ1n) is 8.87. The van der Waals surface area contributed by atoms with Crippen LogP contribution in [0.5, 0.6) is 0 Å². The minimum absolute atomic E-state index is 0.0625. The van der Waals surface area contributed by atoms with E-state index in [2.05, 4.69) is 41.3 Å². The van der Waals surface area contributed by atoms with Gasteiger partial charge in [0, 0.05) is 28.8 Å². The molecule has 7 heteroatoms. The summed E-state index contributed by atoms with van der Waals surface area (Å²) in [6.45, 7) is 4.32. The van der Waals surface area contributed by atoms with E-state index >= 15 is 0 Å². The number of nitro groups is 1. The molecule has 0 aliphatic rings. The topological polar surface area (TPSA) is 81.0 Å². The maximum absolute atomic E-state index is 11.1. The van der Waals surface area contributed by atoms with Gasteiger partial charge in [0.1, 0.15) is 17.0 Å². The molecular formula is C21H18N4O2S. The van der Waals surface area contributed by atoms with Gasteiger partial charge in [-0.3, -0.25) is 10.1 Å². The average molecular weight is 390 g/mol. The van der Waals surface area contributed by atoms with Crippen molar-refractivity contribution in [3.05, 3.63) is 75.9 Å². The van der Waals surface area contributed by atoms with Crippen LogP contribution in [0, 0.1) is 10.1 Å². The highest BCUT2D eigenvalue weighted by Gasteiger charge is 2.15. The normalized spacial score (nSPS) is 11.1. The van der Waals surface area contributed by atoms with Crippen LogP contribution in [0.2, 0.25) is 0 Å². The molecule has 4 aromatic rings. The van der Waals surface area contributed by atoms with Gasteiger partial charge in [0.25, 0.3) is 5.69 Å². The summed E-state index contributed by atoms with van der Waals surface area (Å²) in [4.78, 5) is 20.4. The van der Waals surface area contributed by atoms with Crippen LogP contribution in [0.25, 0.3) is 21.3 Å². The maximum Gasteiger partial charge on any atom is 0.270 e. The summed E-state index contributed by atoms with van der Waals surface area (Å²) in [7, 11) is 0. The second-order valence-corrected chi connectivity index (χ2v) is 7.62. The van der Waals surface area contributed by atoms with Crippen LogP contribution in [-0.2, 0) is 0 Å². The molecule has 0 spiro atoms. The van der Waals surface area contributed by atoms with Crippen LogP contribution in [0.3, 0.4) is 0 Å². The van der Waals surface area contributed by atoms with E-state index < -0.39 is 0 Å². The first-order chi connectivity index (χ1) is 13.5. The van der Waals surface area contributed by atoms with E-state index in [4.69, 9.17) is 0 Å². The van der Waals surface area contributed by atoms with Gasteiger partial charge in [-0.2, -0.15) is 0 Å². The van der Waals surface area contributed by atoms with Crippen molar-refractivity contribution in [3.8, 4) is 11.1 Å². The van der Waals surface area contributed by atoms with Gasteiger partial charge >= 0.3 is 0 Å². The van der Waals surface area contributed by atoms with Gasteiger partial charge in [0.15, 0.2) is 0 Å². The number of nitro benzene ring substituents is 1. The molecule has 2 aromatic carbocycles. The van der Waals surface area contributed by atoms with Crippen molar-refractivity contribution in [1.29, 1.82) is 0 Å². The fourth-order valence-corrected chi connectivity index (χ4v) is 3.97. The lowest BCUT2D eigenvalue weighted by Gasteiger charge is -2.10. The van der Waals surface area contributed by atoms with E-state index in [-0.39, 0.29) is 10.6 Å². The minimum Gasteiger partial charge on any atom is -0.340 e. The molecule has 4 rings (SSSR count). The van der Waals surface area contributed by atoms with Crippen LogP contribution >= 0.6 is 11.3 Å². The Kier molecular flexibility index (Phi) is 4.75. The van der Waals surface area contributed by atoms with Crippen LogP contribution in [-0.4, -0.2) is 14.9 Å². The van der Waals surface area contributed by atoms with Gasteiger partial charge < -0.3 is 5.32 Å². The second kappa shape index (κ2) is 7.36. The molecule has 0 fully saturated rings. The van der Waals surface area contributed by atoms with Crippen molar-refractivity contribution in [1.82, 2.24) is 9.97 Å². The lowest BCUT2D eigenvalue weighted by molar-refractivity contribution is -0.384. The quantitative estimate of drug-likeness (QED) is 0.327. The van der Waals surface area contributed by atoms with Crippen molar-refractivity contribution < 1.29 is 4.92 Å². The molecule has 0 unspecified atom stereocenters. The third-order valence-electron chi connectivity index (χ3n) is 4.58. The Labute approximate surface area is 166 Å². The van der Waals surface area contributed by atoms with Crippen molar-refractivity contribution in [3.63, 3.8) is 0 Å². The Hall–Kier alpha value is -3.32. The molecule has 1 N–H and O–H groups in total. The molecule has 0 amide bonds. The summed E-state index contributed by atoms with van der Waals surface area (Å²) in [5.74, 6) is 1.15. The standard InChI is InChI=1S/C21H18N4O2S/c1-13(2)14-6-8-16(9-7-14)24-20-19-18(11-28-21(19)23-12-22-20)15-4-3-5-17(10-15)25(26)27/h3-13H,1-2H3,(H,22,23,24). The first-order valence-corrected chi connectivity index (χ1v) is 9.75. The fourth-order valence-electron chi connectivity index (χ4n) is 3.06. The number of anilines is 2. The van der Waals surface area contributed by atoms with E-state index in [9.17, 15) is 10.1 Å². The molecule has 0 atom stereocenters. The van der Waals surface area contributed by atoms with Crippen LogP contribution in [0.4, 0.5) is 17.2 Å². The van der Waals surface area contributed by atoms with E-state index in [1.165, 1.54) is 29.3 Å². The van der Waals surface area contributed by atoms with Crippen molar-refractivity contribution >= 4 is 38.7 Å². The van der Waals surface area contributed by atoms with Crippen molar-refractivity contribution in [2.24, 2.45) is 0 Å². The van der Waals surface area contributed by atoms with E-state index in [0.717, 1.165) is 27.0 Å². The predicted molar refractivity (Wildman–Crippen MR) is 113 cm³/mol. The Morgan fingerprint density at radius 1 is 1.11 bits per heavy atom. The lowest BCUT2D eigenvalue weighted by Crippen LogP contribution is -1.96. The van der Waals surface area contributed by atoms with Crippen molar-refractivity contribution in [2.45, 2.75) is 19.8 Å². The molecule has 0 saturated carbocycles. The van der Waals surface area contributed by atoms with Crippen LogP contribution in [0.1, 0.15) is 25.3 Å². The zero-order valence-corrected chi connectivity index (χ0v) is 16.2. The third-order valence-corrected chi connectivity index (χ3v) is 5.46. The first kappa shape index (κ1) is 18.1. The number of aromatic nitrogens is 2. The Morgan fingerprint density at radius 3 is 2.61 bits per heavy atom. The molecule has 140 valence electrons. The summed E-state index contributed by atoms with van der Waals surface area (Å²) in [6, 6.07) is 14.9. The monoisotopic (exact) mass is 390 g/mol. The largest absolute Gasteiger partial charge is 0.340 e. The number of nitrogens with zero attached hydrogens (tertiary/aromatic N) is 3. The molecule has 28 heavy (non-hydrogen) atoms. The predicted octanol–water partition coefficient (Wildman–Crippen LogP) is 6.13. The number of thiophene rings is 1. The number of hydrogen-bond acceptors (Lipinski definition) is 6. The highest BCUT2D eigenvalue weighted by Crippen LogP contribution is 2.38. The SMILES string of the molecule is CC(C)c1ccc(Nc2ncnc3scc(-c4cccc([N+](=O)[O-])c4)c23)cc1. The molecule has 2 heterocycles. The smallest absolute Gasteiger partial charge is 0.270 e. The Morgan fingerprint density at radius 2 is 1.89 bits per heavy atom. The zero-order chi connectivity index (χ0) is 19.7. The summed E-state index contributed by atoms with van der Waals surface area (Å²) in [5.41, 5.74) is 3.92. The third kappa shape index (κ3) is 3.44. The van der Waals surface area contributed by atoms with Gasteiger partial charge in [0.2, 0.25) is 0 Å². The van der Waals surface area contributed by atoms with E-state index in [1.54, 1.807) is 12.1 Å². The summed E-state index contributed by atoms with van der Waals surface area (Å²) in [6.07, 6.45) is 1.53. The highest BCUT2D eigenvalue weighted by molar-refractivity contribution is 7.17. The second-order valence-electron chi connectivity index (χ2n) is 6.76. The molecule has 0 saturated heterocycles. The summed E-state index contributed by atoms with van der Waals surface area (Å²) >= 11 is 1.49. The van der Waals surface area contributed by atoms with Gasteiger partial charge in [-0.1, -0.05) is 38.1 Å². The average Bonchev–Trinajstić information content (AvgIpc) is 3.14. The molecule has 0 radical (unpaired) electrons. The van der Waals surface area contributed by atoms with Crippen molar-refractivity contribution in [2.75, 3.05) is 5.32 Å². The minimum atomic E-state index is -0.385. The molecule has 2 aromatic heterocycles. The summed E-state index contributed by atoms with van der Waals surface area (Å²) in [5, 5.41) is 17.3. The summed E-state index contributed by atoms with van der Waals surface area (Å²) < 4.78 is 0. The fraction of sp³-hybridized carbons (Fsp3) is 0.143. The molecule has 0 aliphatic carbocycles. The number of hydrogen-bond donors (Lipinski definition) is 1. The number of fused-ring (bicyclic) bond motifs is 1. The molecule has 0 aliphatic heterocycles. The molecule has 0 bridgehead atoms. The number of benzene rings is 2. The number of rotatable bonds is 5. The van der Waals surface area contributed by atoms with E-state index in [0.29, 0.717) is 11.7 Å². The zero-order valence-electron chi connectivity index (χ0n) is 15.4. The highest BCUT2D eigenvalue weighted by atomic mass is 32.1. The number of non-ortho nitro benzene ring substituents is 1. The Balaban J connectivity index is 1.77. The van der Waals surface area contributed by atoms with Crippen LogP contribution < -0.4 is 5.32 Å². The van der Waals surface area contributed by atoms with E-state index in [1.807, 2.05) is 23.6 Å².